The molecule has 0 radical (unpaired) electrons. The Labute approximate surface area is 157 Å². The van der Waals surface area contributed by atoms with E-state index < -0.39 is 0 Å². The molecule has 2 N–H and O–H groups in total. The summed E-state index contributed by atoms with van der Waals surface area (Å²) in [6.45, 7) is 1.09. The van der Waals surface area contributed by atoms with Gasteiger partial charge in [0, 0.05) is 30.0 Å². The van der Waals surface area contributed by atoms with Crippen LogP contribution in [0.2, 0.25) is 0 Å². The topological polar surface area (TPSA) is 58.2 Å². The van der Waals surface area contributed by atoms with E-state index in [1.165, 1.54) is 12.1 Å². The average molecular weight is 374 g/mol. The van der Waals surface area contributed by atoms with Crippen LogP contribution >= 0.6 is 11.8 Å². The summed E-state index contributed by atoms with van der Waals surface area (Å²) in [4.78, 5) is 24.6. The molecule has 0 atom stereocenters. The number of carbonyl (C=O) groups excluding carboxylic acids is 2. The summed E-state index contributed by atoms with van der Waals surface area (Å²) in [5.41, 5.74) is 0.621. The van der Waals surface area contributed by atoms with Gasteiger partial charge in [0.1, 0.15) is 5.82 Å². The largest absolute Gasteiger partial charge is 0.356 e. The van der Waals surface area contributed by atoms with E-state index in [0.29, 0.717) is 31.5 Å². The van der Waals surface area contributed by atoms with E-state index in [1.54, 1.807) is 36.0 Å². The first-order chi connectivity index (χ1) is 12.6. The first-order valence-corrected chi connectivity index (χ1v) is 9.62. The molecule has 0 unspecified atom stereocenters. The number of hydrogen-bond acceptors (Lipinski definition) is 3. The summed E-state index contributed by atoms with van der Waals surface area (Å²) in [6.07, 6.45) is 1.84. The lowest BCUT2D eigenvalue weighted by Crippen LogP contribution is -2.28. The van der Waals surface area contributed by atoms with Crippen molar-refractivity contribution in [3.63, 3.8) is 0 Å². The van der Waals surface area contributed by atoms with Crippen LogP contribution in [0.25, 0.3) is 0 Å². The van der Waals surface area contributed by atoms with Gasteiger partial charge in [-0.15, -0.1) is 11.8 Å². The van der Waals surface area contributed by atoms with Gasteiger partial charge in [0.2, 0.25) is 5.91 Å². The minimum atomic E-state index is -0.235. The van der Waals surface area contributed by atoms with Crippen LogP contribution in [0.5, 0.6) is 0 Å². The molecule has 2 aromatic rings. The van der Waals surface area contributed by atoms with Gasteiger partial charge >= 0.3 is 0 Å². The Morgan fingerprint density at radius 1 is 0.885 bits per heavy atom. The summed E-state index contributed by atoms with van der Waals surface area (Å²) in [5.74, 6) is 0.495. The zero-order valence-electron chi connectivity index (χ0n) is 14.5. The fourth-order valence-corrected chi connectivity index (χ4v) is 3.10. The molecule has 4 nitrogen and oxygen atoms in total. The molecule has 0 aliphatic heterocycles. The third-order valence-electron chi connectivity index (χ3n) is 3.63. The lowest BCUT2D eigenvalue weighted by molar-refractivity contribution is -0.121. The summed E-state index contributed by atoms with van der Waals surface area (Å²) in [6, 6.07) is 15.4. The number of hydrogen-bond donors (Lipinski definition) is 2. The molecule has 0 heterocycles. The molecule has 6 heteroatoms. The molecule has 2 rings (SSSR count). The quantitative estimate of drug-likeness (QED) is 0.493. The Morgan fingerprint density at radius 2 is 1.58 bits per heavy atom. The molecule has 0 saturated heterocycles. The number of halogens is 1. The van der Waals surface area contributed by atoms with E-state index in [4.69, 9.17) is 0 Å². The summed E-state index contributed by atoms with van der Waals surface area (Å²) in [7, 11) is 0. The molecule has 0 aromatic heterocycles. The van der Waals surface area contributed by atoms with Crippen LogP contribution in [0.4, 0.5) is 4.39 Å². The molecule has 0 spiro atoms. The van der Waals surface area contributed by atoms with Crippen molar-refractivity contribution in [2.24, 2.45) is 0 Å². The molecule has 2 aromatic carbocycles. The molecular formula is C20H23FN2O2S. The summed E-state index contributed by atoms with van der Waals surface area (Å²) >= 11 is 1.64. The first-order valence-electron chi connectivity index (χ1n) is 8.63. The minimum absolute atomic E-state index is 0.00857. The monoisotopic (exact) mass is 374 g/mol. The molecule has 26 heavy (non-hydrogen) atoms. The van der Waals surface area contributed by atoms with E-state index in [1.807, 2.05) is 18.2 Å². The average Bonchev–Trinajstić information content (AvgIpc) is 2.67. The van der Waals surface area contributed by atoms with Crippen molar-refractivity contribution in [3.05, 3.63) is 66.0 Å². The maximum atomic E-state index is 12.8. The highest BCUT2D eigenvalue weighted by molar-refractivity contribution is 7.99. The van der Waals surface area contributed by atoms with Crippen molar-refractivity contribution in [1.29, 1.82) is 0 Å². The number of amides is 2. The highest BCUT2D eigenvalue weighted by Gasteiger charge is 2.05. The molecule has 0 fully saturated rings. The van der Waals surface area contributed by atoms with Gasteiger partial charge in [0.15, 0.2) is 0 Å². The van der Waals surface area contributed by atoms with Gasteiger partial charge in [0.25, 0.3) is 5.91 Å². The molecule has 0 aliphatic carbocycles. The SMILES string of the molecule is O=C(CCCNC(=O)c1ccccc1)NCCCSc1ccc(F)cc1. The molecule has 0 aliphatic rings. The smallest absolute Gasteiger partial charge is 0.251 e. The van der Waals surface area contributed by atoms with Gasteiger partial charge in [-0.3, -0.25) is 9.59 Å². The Morgan fingerprint density at radius 3 is 2.31 bits per heavy atom. The predicted molar refractivity (Wildman–Crippen MR) is 103 cm³/mol. The van der Waals surface area contributed by atoms with Crippen LogP contribution in [0.3, 0.4) is 0 Å². The second-order valence-electron chi connectivity index (χ2n) is 5.73. The summed E-state index contributed by atoms with van der Waals surface area (Å²) < 4.78 is 12.8. The maximum absolute atomic E-state index is 12.8. The number of carbonyl (C=O) groups is 2. The van der Waals surface area contributed by atoms with Crippen LogP contribution in [-0.4, -0.2) is 30.7 Å². The van der Waals surface area contributed by atoms with Gasteiger partial charge in [0.05, 0.1) is 0 Å². The Kier molecular flexibility index (Phi) is 8.69. The minimum Gasteiger partial charge on any atom is -0.356 e. The van der Waals surface area contributed by atoms with E-state index >= 15 is 0 Å². The molecule has 0 bridgehead atoms. The third-order valence-corrected chi connectivity index (χ3v) is 4.73. The standard InChI is InChI=1S/C20H23FN2O2S/c21-17-9-11-18(12-10-17)26-15-5-14-22-19(24)8-4-13-23-20(25)16-6-2-1-3-7-16/h1-3,6-7,9-12H,4-5,8,13-15H2,(H,22,24)(H,23,25). The fourth-order valence-electron chi connectivity index (χ4n) is 2.25. The predicted octanol–water partition coefficient (Wildman–Crippen LogP) is 3.63. The van der Waals surface area contributed by atoms with Crippen molar-refractivity contribution in [1.82, 2.24) is 10.6 Å². The lowest BCUT2D eigenvalue weighted by atomic mass is 10.2. The second-order valence-corrected chi connectivity index (χ2v) is 6.90. The molecular weight excluding hydrogens is 351 g/mol. The number of nitrogens with one attached hydrogen (secondary N) is 2. The van der Waals surface area contributed by atoms with E-state index in [0.717, 1.165) is 17.1 Å². The van der Waals surface area contributed by atoms with Crippen molar-refractivity contribution in [3.8, 4) is 0 Å². The van der Waals surface area contributed by atoms with Crippen LogP contribution in [0.15, 0.2) is 59.5 Å². The zero-order valence-corrected chi connectivity index (χ0v) is 15.4. The van der Waals surface area contributed by atoms with E-state index in [2.05, 4.69) is 10.6 Å². The summed E-state index contributed by atoms with van der Waals surface area (Å²) in [5, 5.41) is 5.68. The highest BCUT2D eigenvalue weighted by atomic mass is 32.2. The number of thioether (sulfide) groups is 1. The maximum Gasteiger partial charge on any atom is 0.251 e. The molecule has 2 amide bonds. The van der Waals surface area contributed by atoms with Gasteiger partial charge in [-0.05, 0) is 55.0 Å². The lowest BCUT2D eigenvalue weighted by Gasteiger charge is -2.07. The highest BCUT2D eigenvalue weighted by Crippen LogP contribution is 2.18. The Balaban J connectivity index is 1.48. The van der Waals surface area contributed by atoms with Crippen molar-refractivity contribution in [2.75, 3.05) is 18.8 Å². The Bertz CT molecular complexity index is 693. The van der Waals surface area contributed by atoms with Crippen molar-refractivity contribution in [2.45, 2.75) is 24.2 Å². The zero-order chi connectivity index (χ0) is 18.6. The second kappa shape index (κ2) is 11.3. The van der Waals surface area contributed by atoms with Crippen LogP contribution in [0.1, 0.15) is 29.6 Å². The van der Waals surface area contributed by atoms with Gasteiger partial charge in [-0.2, -0.15) is 0 Å². The van der Waals surface area contributed by atoms with E-state index in [9.17, 15) is 14.0 Å². The number of benzene rings is 2. The fraction of sp³-hybridized carbons (Fsp3) is 0.300. The molecule has 138 valence electrons. The van der Waals surface area contributed by atoms with Gasteiger partial charge in [-0.25, -0.2) is 4.39 Å². The van der Waals surface area contributed by atoms with E-state index in [-0.39, 0.29) is 17.6 Å². The van der Waals surface area contributed by atoms with Gasteiger partial charge in [-0.1, -0.05) is 18.2 Å². The first kappa shape index (κ1) is 20.0. The van der Waals surface area contributed by atoms with Gasteiger partial charge < -0.3 is 10.6 Å². The van der Waals surface area contributed by atoms with Crippen LogP contribution in [0, 0.1) is 5.82 Å². The third kappa shape index (κ3) is 7.70. The Hall–Kier alpha value is -2.34. The number of rotatable bonds is 10. The van der Waals surface area contributed by atoms with Crippen molar-refractivity contribution >= 4 is 23.6 Å². The van der Waals surface area contributed by atoms with Crippen LogP contribution < -0.4 is 10.6 Å². The van der Waals surface area contributed by atoms with Crippen LogP contribution in [-0.2, 0) is 4.79 Å². The molecule has 0 saturated carbocycles. The normalized spacial score (nSPS) is 10.3. The van der Waals surface area contributed by atoms with Crippen molar-refractivity contribution < 1.29 is 14.0 Å².